The van der Waals surface area contributed by atoms with E-state index in [1.165, 1.54) is 43.8 Å². The van der Waals surface area contributed by atoms with E-state index in [1.54, 1.807) is 0 Å². The molecule has 0 nitrogen and oxygen atoms in total. The van der Waals surface area contributed by atoms with Gasteiger partial charge < -0.3 is 0 Å². The third kappa shape index (κ3) is 2.55. The molecule has 2 atom stereocenters. The van der Waals surface area contributed by atoms with Gasteiger partial charge in [0.2, 0.25) is 0 Å². The van der Waals surface area contributed by atoms with E-state index in [9.17, 15) is 0 Å². The van der Waals surface area contributed by atoms with Crippen molar-refractivity contribution in [2.24, 2.45) is 5.92 Å². The summed E-state index contributed by atoms with van der Waals surface area (Å²) in [6, 6.07) is 20.1. The molecule has 1 heterocycles. The summed E-state index contributed by atoms with van der Waals surface area (Å²) in [6.45, 7) is 4.57. The number of allylic oxidation sites excluding steroid dienone is 4. The van der Waals surface area contributed by atoms with Crippen molar-refractivity contribution < 1.29 is 0 Å². The zero-order valence-electron chi connectivity index (χ0n) is 17.2. The number of hydrogen-bond acceptors (Lipinski definition) is 1. The molecule has 30 heavy (non-hydrogen) atoms. The predicted molar refractivity (Wildman–Crippen MR) is 130 cm³/mol. The van der Waals surface area contributed by atoms with Gasteiger partial charge in [0.1, 0.15) is 0 Å². The number of rotatable bonds is 1. The zero-order chi connectivity index (χ0) is 20.5. The molecule has 3 aromatic carbocycles. The molecule has 0 fully saturated rings. The predicted octanol–water partition coefficient (Wildman–Crippen LogP) is 8.24. The molecule has 0 amide bonds. The first kappa shape index (κ1) is 18.5. The van der Waals surface area contributed by atoms with Gasteiger partial charge in [-0.1, -0.05) is 86.2 Å². The fourth-order valence-electron chi connectivity index (χ4n) is 5.57. The molecule has 2 aliphatic carbocycles. The van der Waals surface area contributed by atoms with Gasteiger partial charge in [0.15, 0.2) is 0 Å². The van der Waals surface area contributed by atoms with Crippen molar-refractivity contribution in [2.75, 3.05) is 5.75 Å². The molecule has 3 aliphatic rings. The number of thioether (sulfide) groups is 1. The molecule has 2 heteroatoms. The lowest BCUT2D eigenvalue weighted by molar-refractivity contribution is 0.626. The molecule has 0 spiro atoms. The van der Waals surface area contributed by atoms with Crippen LogP contribution in [0.4, 0.5) is 0 Å². The highest BCUT2D eigenvalue weighted by atomic mass is 35.5. The number of benzene rings is 3. The average Bonchev–Trinajstić information content (AvgIpc) is 3.00. The van der Waals surface area contributed by atoms with Gasteiger partial charge in [-0.2, -0.15) is 0 Å². The third-order valence-corrected chi connectivity index (χ3v) is 8.55. The Morgan fingerprint density at radius 1 is 0.900 bits per heavy atom. The largest absolute Gasteiger partial charge is 0.125 e. The Bertz CT molecular complexity index is 1250. The Kier molecular flexibility index (Phi) is 4.10. The highest BCUT2D eigenvalue weighted by molar-refractivity contribution is 7.99. The van der Waals surface area contributed by atoms with E-state index in [0.717, 1.165) is 10.8 Å². The van der Waals surface area contributed by atoms with Crippen LogP contribution in [-0.2, 0) is 5.41 Å². The van der Waals surface area contributed by atoms with Crippen LogP contribution in [0.5, 0.6) is 0 Å². The van der Waals surface area contributed by atoms with Crippen molar-refractivity contribution >= 4 is 23.4 Å². The number of hydrogen-bond donors (Lipinski definition) is 0. The van der Waals surface area contributed by atoms with Crippen LogP contribution in [0.1, 0.15) is 36.5 Å². The van der Waals surface area contributed by atoms with Crippen LogP contribution in [0.3, 0.4) is 0 Å². The fraction of sp³-hybridized carbons (Fsp3) is 0.214. The third-order valence-electron chi connectivity index (χ3n) is 7.01. The molecule has 0 saturated heterocycles. The van der Waals surface area contributed by atoms with E-state index in [4.69, 9.17) is 11.6 Å². The lowest BCUT2D eigenvalue weighted by atomic mass is 9.79. The summed E-state index contributed by atoms with van der Waals surface area (Å²) in [5.74, 6) is 2.21. The van der Waals surface area contributed by atoms with Crippen molar-refractivity contribution in [3.8, 4) is 22.3 Å². The van der Waals surface area contributed by atoms with Gasteiger partial charge in [0.25, 0.3) is 0 Å². The lowest BCUT2D eigenvalue weighted by Gasteiger charge is -2.33. The summed E-state index contributed by atoms with van der Waals surface area (Å²) >= 11 is 8.65. The topological polar surface area (TPSA) is 0 Å². The standard InChI is InChI=1S/C28H23ClS/c1-28(2)23-14-13-17(15-22(23)21-10-5-11-24(29)27(21)28)19-9-6-12-25-26(19)20-8-4-3-7-18(20)16-30-25/h3-15,18,20H,16H2,1-2H3/t18-,20?/m1/s1. The molecule has 148 valence electrons. The first-order chi connectivity index (χ1) is 14.6. The molecule has 0 bridgehead atoms. The first-order valence-corrected chi connectivity index (χ1v) is 12.0. The van der Waals surface area contributed by atoms with Gasteiger partial charge in [-0.05, 0) is 63.1 Å². The summed E-state index contributed by atoms with van der Waals surface area (Å²) in [5.41, 5.74) is 9.31. The SMILES string of the molecule is CC1(C)c2ccc(-c3cccc4c3C3C=CC=C[C@@H]3CS4)cc2-c2cccc(Cl)c21. The van der Waals surface area contributed by atoms with E-state index in [1.807, 2.05) is 17.8 Å². The second-order valence-electron chi connectivity index (χ2n) is 9.04. The van der Waals surface area contributed by atoms with Crippen molar-refractivity contribution in [2.45, 2.75) is 30.1 Å². The minimum absolute atomic E-state index is 0.0739. The van der Waals surface area contributed by atoms with E-state index in [0.29, 0.717) is 11.8 Å². The van der Waals surface area contributed by atoms with Crippen LogP contribution >= 0.6 is 23.4 Å². The van der Waals surface area contributed by atoms with Crippen molar-refractivity contribution in [3.63, 3.8) is 0 Å². The van der Waals surface area contributed by atoms with E-state index >= 15 is 0 Å². The van der Waals surface area contributed by atoms with E-state index < -0.39 is 0 Å². The minimum atomic E-state index is -0.0739. The van der Waals surface area contributed by atoms with E-state index in [2.05, 4.69) is 86.7 Å². The average molecular weight is 427 g/mol. The zero-order valence-corrected chi connectivity index (χ0v) is 18.7. The molecule has 1 unspecified atom stereocenters. The normalized spacial score (nSPS) is 22.2. The molecule has 0 radical (unpaired) electrons. The second-order valence-corrected chi connectivity index (χ2v) is 10.5. The molecule has 0 N–H and O–H groups in total. The van der Waals surface area contributed by atoms with Gasteiger partial charge in [0, 0.05) is 27.0 Å². The van der Waals surface area contributed by atoms with Crippen molar-refractivity contribution in [1.82, 2.24) is 0 Å². The summed E-state index contributed by atoms with van der Waals surface area (Å²) < 4.78 is 0. The molecular formula is C28H23ClS. The van der Waals surface area contributed by atoms with Crippen LogP contribution in [0.25, 0.3) is 22.3 Å². The van der Waals surface area contributed by atoms with Gasteiger partial charge in [-0.3, -0.25) is 0 Å². The lowest BCUT2D eigenvalue weighted by Crippen LogP contribution is -2.19. The van der Waals surface area contributed by atoms with Crippen molar-refractivity contribution in [3.05, 3.63) is 101 Å². The first-order valence-electron chi connectivity index (χ1n) is 10.6. The van der Waals surface area contributed by atoms with Crippen LogP contribution in [0.15, 0.2) is 83.8 Å². The maximum absolute atomic E-state index is 6.66. The van der Waals surface area contributed by atoms with Crippen LogP contribution in [0.2, 0.25) is 5.02 Å². The van der Waals surface area contributed by atoms with Gasteiger partial charge in [-0.25, -0.2) is 0 Å². The Morgan fingerprint density at radius 2 is 1.70 bits per heavy atom. The molecule has 0 aromatic heterocycles. The Balaban J connectivity index is 1.56. The van der Waals surface area contributed by atoms with E-state index in [-0.39, 0.29) is 5.41 Å². The van der Waals surface area contributed by atoms with Crippen LogP contribution < -0.4 is 0 Å². The minimum Gasteiger partial charge on any atom is -0.125 e. The summed E-state index contributed by atoms with van der Waals surface area (Å²) in [6.07, 6.45) is 9.17. The van der Waals surface area contributed by atoms with Gasteiger partial charge in [0.05, 0.1) is 0 Å². The molecular weight excluding hydrogens is 404 g/mol. The summed E-state index contributed by atoms with van der Waals surface area (Å²) in [4.78, 5) is 1.43. The number of fused-ring (bicyclic) bond motifs is 6. The number of halogens is 1. The highest BCUT2D eigenvalue weighted by Crippen LogP contribution is 2.53. The fourth-order valence-corrected chi connectivity index (χ4v) is 7.25. The van der Waals surface area contributed by atoms with Crippen LogP contribution in [-0.4, -0.2) is 5.75 Å². The van der Waals surface area contributed by atoms with Crippen LogP contribution in [0, 0.1) is 5.92 Å². The smallest absolute Gasteiger partial charge is 0.0453 e. The highest BCUT2D eigenvalue weighted by Gasteiger charge is 2.37. The second kappa shape index (κ2) is 6.64. The van der Waals surface area contributed by atoms with Crippen molar-refractivity contribution in [1.29, 1.82) is 0 Å². The monoisotopic (exact) mass is 426 g/mol. The summed E-state index contributed by atoms with van der Waals surface area (Å²) in [7, 11) is 0. The Labute approximate surface area is 187 Å². The van der Waals surface area contributed by atoms with Gasteiger partial charge in [-0.15, -0.1) is 11.8 Å². The maximum Gasteiger partial charge on any atom is 0.0453 e. The molecule has 0 saturated carbocycles. The quantitative estimate of drug-likeness (QED) is 0.377. The Morgan fingerprint density at radius 3 is 2.60 bits per heavy atom. The molecule has 6 rings (SSSR count). The summed E-state index contributed by atoms with van der Waals surface area (Å²) in [5, 5.41) is 0.866. The maximum atomic E-state index is 6.66. The Hall–Kier alpha value is -2.22. The molecule has 1 aliphatic heterocycles. The molecule has 3 aromatic rings. The van der Waals surface area contributed by atoms with Gasteiger partial charge >= 0.3 is 0 Å².